The molecule has 31 heavy (non-hydrogen) atoms. The van der Waals surface area contributed by atoms with Gasteiger partial charge in [-0.2, -0.15) is 0 Å². The summed E-state index contributed by atoms with van der Waals surface area (Å²) in [6.45, 7) is 18.7. The van der Waals surface area contributed by atoms with Crippen LogP contribution >= 0.6 is 0 Å². The molecule has 0 aliphatic carbocycles. The van der Waals surface area contributed by atoms with Gasteiger partial charge in [-0.1, -0.05) is 38.2 Å². The number of phenolic OH excluding ortho intramolecular Hbond substituents is 4. The molecule has 0 atom stereocenters. The predicted molar refractivity (Wildman–Crippen MR) is 127 cm³/mol. The van der Waals surface area contributed by atoms with E-state index in [1.165, 1.54) is 0 Å². The van der Waals surface area contributed by atoms with Gasteiger partial charge in [0, 0.05) is 27.7 Å². The van der Waals surface area contributed by atoms with Crippen molar-refractivity contribution < 1.29 is 20.4 Å². The first-order chi connectivity index (χ1) is 14.6. The van der Waals surface area contributed by atoms with Gasteiger partial charge in [0.2, 0.25) is 0 Å². The van der Waals surface area contributed by atoms with Crippen LogP contribution in [0, 0.1) is 0 Å². The molecule has 2 aromatic rings. The molecule has 0 heterocycles. The minimum Gasteiger partial charge on any atom is -0.507 e. The van der Waals surface area contributed by atoms with Gasteiger partial charge in [0.1, 0.15) is 23.0 Å². The van der Waals surface area contributed by atoms with Crippen LogP contribution in [-0.2, 0) is 31.1 Å². The fraction of sp³-hybridized carbons (Fsp3) is 0.259. The summed E-state index contributed by atoms with van der Waals surface area (Å²) in [5, 5.41) is 43.5. The molecule has 0 fully saturated rings. The van der Waals surface area contributed by atoms with E-state index in [0.717, 1.165) is 0 Å². The molecule has 164 valence electrons. The zero-order valence-corrected chi connectivity index (χ0v) is 18.4. The third-order valence-electron chi connectivity index (χ3n) is 5.67. The third kappa shape index (κ3) is 4.38. The van der Waals surface area contributed by atoms with Gasteiger partial charge in [0.15, 0.2) is 0 Å². The first-order valence-corrected chi connectivity index (χ1v) is 10.2. The lowest BCUT2D eigenvalue weighted by molar-refractivity contribution is 0.411. The first-order valence-electron chi connectivity index (χ1n) is 10.2. The van der Waals surface area contributed by atoms with Crippen LogP contribution in [-0.4, -0.2) is 20.4 Å². The number of hydrogen-bond acceptors (Lipinski definition) is 4. The molecule has 0 saturated heterocycles. The number of allylic oxidation sites excluding steroid dienone is 4. The molecule has 0 amide bonds. The summed E-state index contributed by atoms with van der Waals surface area (Å²) >= 11 is 0. The molecular formula is C27H32O4. The Morgan fingerprint density at radius 1 is 0.613 bits per heavy atom. The molecule has 0 unspecified atom stereocenters. The van der Waals surface area contributed by atoms with Crippen LogP contribution in [0.2, 0.25) is 0 Å². The minimum atomic E-state index is -0.854. The van der Waals surface area contributed by atoms with Crippen molar-refractivity contribution in [1.29, 1.82) is 0 Å². The maximum atomic E-state index is 11.1. The van der Waals surface area contributed by atoms with Crippen LogP contribution in [0.3, 0.4) is 0 Å². The molecule has 4 N–H and O–H groups in total. The Hall–Kier alpha value is -3.40. The van der Waals surface area contributed by atoms with Gasteiger partial charge < -0.3 is 20.4 Å². The molecule has 0 aliphatic rings. The molecular weight excluding hydrogens is 388 g/mol. The summed E-state index contributed by atoms with van der Waals surface area (Å²) in [7, 11) is 0. The SMILES string of the molecule is C=CCc1cc(C(C)(C)c2cc(CC=C)c(O)c(CC=C)c2O)c(O)c(CC=C)c1O. The molecule has 4 heteroatoms. The van der Waals surface area contributed by atoms with E-state index < -0.39 is 5.41 Å². The molecule has 0 radical (unpaired) electrons. The monoisotopic (exact) mass is 420 g/mol. The summed E-state index contributed by atoms with van der Waals surface area (Å²) in [4.78, 5) is 0. The minimum absolute atomic E-state index is 0.0199. The number of aromatic hydroxyl groups is 4. The molecule has 0 bridgehead atoms. The van der Waals surface area contributed by atoms with Gasteiger partial charge in [-0.3, -0.25) is 0 Å². The van der Waals surface area contributed by atoms with Crippen molar-refractivity contribution in [1.82, 2.24) is 0 Å². The fourth-order valence-corrected chi connectivity index (χ4v) is 3.95. The van der Waals surface area contributed by atoms with Crippen LogP contribution in [0.4, 0.5) is 0 Å². The standard InChI is InChI=1S/C27H32O4/c1-7-11-17-15-21(25(30)19(13-9-3)23(17)28)27(5,6)22-16-18(12-8-2)24(29)20(14-10-4)26(22)31/h7-10,15-16,28-31H,1-4,11-14H2,5-6H3. The molecule has 0 saturated carbocycles. The van der Waals surface area contributed by atoms with E-state index in [9.17, 15) is 20.4 Å². The molecule has 0 spiro atoms. The van der Waals surface area contributed by atoms with Crippen molar-refractivity contribution in [2.24, 2.45) is 0 Å². The van der Waals surface area contributed by atoms with Crippen molar-refractivity contribution >= 4 is 0 Å². The van der Waals surface area contributed by atoms with Crippen molar-refractivity contribution in [3.63, 3.8) is 0 Å². The molecule has 4 nitrogen and oxygen atoms in total. The lowest BCUT2D eigenvalue weighted by atomic mass is 9.74. The normalized spacial score (nSPS) is 11.2. The van der Waals surface area contributed by atoms with Gasteiger partial charge in [0.05, 0.1) is 0 Å². The lowest BCUT2D eigenvalue weighted by Gasteiger charge is -2.31. The Bertz CT molecular complexity index is 947. The summed E-state index contributed by atoms with van der Waals surface area (Å²) in [5.41, 5.74) is 2.27. The van der Waals surface area contributed by atoms with E-state index in [4.69, 9.17) is 0 Å². The topological polar surface area (TPSA) is 80.9 Å². The molecule has 0 aliphatic heterocycles. The quantitative estimate of drug-likeness (QED) is 0.369. The van der Waals surface area contributed by atoms with Crippen LogP contribution in [0.5, 0.6) is 23.0 Å². The first kappa shape index (κ1) is 23.9. The number of phenols is 4. The van der Waals surface area contributed by atoms with E-state index >= 15 is 0 Å². The highest BCUT2D eigenvalue weighted by Crippen LogP contribution is 2.48. The lowest BCUT2D eigenvalue weighted by Crippen LogP contribution is -2.21. The summed E-state index contributed by atoms with van der Waals surface area (Å²) in [6, 6.07) is 3.48. The zero-order chi connectivity index (χ0) is 23.3. The maximum Gasteiger partial charge on any atom is 0.126 e. The van der Waals surface area contributed by atoms with E-state index in [1.54, 1.807) is 36.4 Å². The Morgan fingerprint density at radius 3 is 1.23 bits per heavy atom. The van der Waals surface area contributed by atoms with Gasteiger partial charge in [-0.05, 0) is 48.9 Å². The second-order valence-corrected chi connectivity index (χ2v) is 8.11. The van der Waals surface area contributed by atoms with E-state index in [0.29, 0.717) is 46.2 Å². The van der Waals surface area contributed by atoms with Crippen LogP contribution in [0.1, 0.15) is 47.2 Å². The Balaban J connectivity index is 2.88. The van der Waals surface area contributed by atoms with Crippen molar-refractivity contribution in [3.05, 3.63) is 96.1 Å². The van der Waals surface area contributed by atoms with Gasteiger partial charge >= 0.3 is 0 Å². The maximum absolute atomic E-state index is 11.1. The molecule has 0 aromatic heterocycles. The van der Waals surface area contributed by atoms with Crippen molar-refractivity contribution in [2.75, 3.05) is 0 Å². The van der Waals surface area contributed by atoms with Gasteiger partial charge in [-0.25, -0.2) is 0 Å². The average Bonchev–Trinajstić information content (AvgIpc) is 2.72. The summed E-state index contributed by atoms with van der Waals surface area (Å²) in [5.74, 6) is -0.0469. The highest BCUT2D eigenvalue weighted by molar-refractivity contribution is 5.63. The second-order valence-electron chi connectivity index (χ2n) is 8.11. The van der Waals surface area contributed by atoms with E-state index in [1.807, 2.05) is 13.8 Å². The van der Waals surface area contributed by atoms with Crippen molar-refractivity contribution in [3.8, 4) is 23.0 Å². The second kappa shape index (κ2) is 9.61. The number of benzene rings is 2. The third-order valence-corrected chi connectivity index (χ3v) is 5.67. The molecule has 2 rings (SSSR count). The Kier molecular flexibility index (Phi) is 7.40. The van der Waals surface area contributed by atoms with Crippen molar-refractivity contribution in [2.45, 2.75) is 44.9 Å². The van der Waals surface area contributed by atoms with Crippen LogP contribution in [0.15, 0.2) is 62.8 Å². The van der Waals surface area contributed by atoms with Gasteiger partial charge in [0.25, 0.3) is 0 Å². The molecule has 2 aromatic carbocycles. The van der Waals surface area contributed by atoms with Crippen LogP contribution in [0.25, 0.3) is 0 Å². The highest BCUT2D eigenvalue weighted by Gasteiger charge is 2.33. The van der Waals surface area contributed by atoms with Gasteiger partial charge in [-0.15, -0.1) is 26.3 Å². The van der Waals surface area contributed by atoms with E-state index in [-0.39, 0.29) is 35.8 Å². The average molecular weight is 421 g/mol. The zero-order valence-electron chi connectivity index (χ0n) is 18.4. The summed E-state index contributed by atoms with van der Waals surface area (Å²) < 4.78 is 0. The Labute approximate surface area is 184 Å². The predicted octanol–water partition coefficient (Wildman–Crippen LogP) is 5.75. The fourth-order valence-electron chi connectivity index (χ4n) is 3.95. The summed E-state index contributed by atoms with van der Waals surface area (Å²) in [6.07, 6.45) is 8.02. The highest BCUT2D eigenvalue weighted by atomic mass is 16.3. The number of rotatable bonds is 10. The largest absolute Gasteiger partial charge is 0.507 e. The Morgan fingerprint density at radius 2 is 0.935 bits per heavy atom. The number of hydrogen-bond donors (Lipinski definition) is 4. The van der Waals surface area contributed by atoms with Crippen LogP contribution < -0.4 is 0 Å². The van der Waals surface area contributed by atoms with E-state index in [2.05, 4.69) is 26.3 Å². The smallest absolute Gasteiger partial charge is 0.126 e.